The fourth-order valence-electron chi connectivity index (χ4n) is 1.23. The van der Waals surface area contributed by atoms with Crippen LogP contribution in [0.3, 0.4) is 0 Å². The van der Waals surface area contributed by atoms with Gasteiger partial charge >= 0.3 is 0 Å². The van der Waals surface area contributed by atoms with E-state index in [9.17, 15) is 0 Å². The highest BCUT2D eigenvalue weighted by atomic mass is 15.1. The lowest BCUT2D eigenvalue weighted by Crippen LogP contribution is -2.47. The average molecular weight is 111 g/mol. The van der Waals surface area contributed by atoms with Crippen LogP contribution in [0.1, 0.15) is 12.8 Å². The SMILES string of the molecule is C1CNC2(CC2)C[N]1. The van der Waals surface area contributed by atoms with Crippen LogP contribution in [0.4, 0.5) is 0 Å². The lowest BCUT2D eigenvalue weighted by atomic mass is 10.2. The number of hydrogen-bond acceptors (Lipinski definition) is 1. The summed E-state index contributed by atoms with van der Waals surface area (Å²) in [5, 5.41) is 7.81. The van der Waals surface area contributed by atoms with Crippen molar-refractivity contribution in [3.05, 3.63) is 0 Å². The third-order valence-electron chi connectivity index (χ3n) is 2.04. The molecule has 45 valence electrons. The van der Waals surface area contributed by atoms with Gasteiger partial charge in [-0.15, -0.1) is 0 Å². The monoisotopic (exact) mass is 111 g/mol. The first-order chi connectivity index (χ1) is 3.91. The second-order valence-corrected chi connectivity index (χ2v) is 2.81. The van der Waals surface area contributed by atoms with Gasteiger partial charge in [-0.1, -0.05) is 0 Å². The Kier molecular flexibility index (Phi) is 0.866. The zero-order chi connectivity index (χ0) is 5.45. The van der Waals surface area contributed by atoms with E-state index in [-0.39, 0.29) is 0 Å². The standard InChI is InChI=1S/C6H11N2/c1-2-6(1)5-7-3-4-8-6/h8H,1-5H2. The molecule has 1 N–H and O–H groups in total. The highest BCUT2D eigenvalue weighted by Gasteiger charge is 2.43. The molecule has 1 spiro atoms. The van der Waals surface area contributed by atoms with Crippen LogP contribution < -0.4 is 10.6 Å². The van der Waals surface area contributed by atoms with E-state index in [0.717, 1.165) is 19.6 Å². The van der Waals surface area contributed by atoms with Gasteiger partial charge in [0.25, 0.3) is 0 Å². The van der Waals surface area contributed by atoms with Gasteiger partial charge < -0.3 is 5.32 Å². The summed E-state index contributed by atoms with van der Waals surface area (Å²) in [6.45, 7) is 3.22. The van der Waals surface area contributed by atoms with Gasteiger partial charge in [0.2, 0.25) is 0 Å². The minimum absolute atomic E-state index is 0.512. The molecule has 8 heavy (non-hydrogen) atoms. The summed E-state index contributed by atoms with van der Waals surface area (Å²) in [5.41, 5.74) is 0.512. The third kappa shape index (κ3) is 0.644. The van der Waals surface area contributed by atoms with Crippen LogP contribution in [0, 0.1) is 0 Å². The molecule has 2 rings (SSSR count). The van der Waals surface area contributed by atoms with Gasteiger partial charge in [0.05, 0.1) is 0 Å². The van der Waals surface area contributed by atoms with E-state index in [0.29, 0.717) is 5.54 Å². The molecule has 0 aromatic rings. The van der Waals surface area contributed by atoms with Crippen LogP contribution in [0.15, 0.2) is 0 Å². The van der Waals surface area contributed by atoms with Gasteiger partial charge in [-0.3, -0.25) is 0 Å². The van der Waals surface area contributed by atoms with E-state index in [2.05, 4.69) is 10.6 Å². The van der Waals surface area contributed by atoms with Crippen molar-refractivity contribution in [3.8, 4) is 0 Å². The van der Waals surface area contributed by atoms with Gasteiger partial charge in [-0.25, -0.2) is 5.32 Å². The minimum atomic E-state index is 0.512. The van der Waals surface area contributed by atoms with Crippen molar-refractivity contribution >= 4 is 0 Å². The smallest absolute Gasteiger partial charge is 0.0324 e. The Morgan fingerprint density at radius 3 is 2.62 bits per heavy atom. The van der Waals surface area contributed by atoms with E-state index in [1.807, 2.05) is 0 Å². The summed E-state index contributed by atoms with van der Waals surface area (Å²) in [6, 6.07) is 0. The second kappa shape index (κ2) is 1.45. The number of nitrogens with one attached hydrogen (secondary N) is 1. The Labute approximate surface area is 49.7 Å². The molecular weight excluding hydrogens is 100 g/mol. The maximum Gasteiger partial charge on any atom is 0.0324 e. The topological polar surface area (TPSA) is 26.1 Å². The molecule has 1 aliphatic carbocycles. The van der Waals surface area contributed by atoms with Crippen molar-refractivity contribution in [2.45, 2.75) is 18.4 Å². The molecule has 1 radical (unpaired) electrons. The minimum Gasteiger partial charge on any atom is -0.309 e. The predicted molar refractivity (Wildman–Crippen MR) is 31.8 cm³/mol. The molecule has 2 fully saturated rings. The fourth-order valence-corrected chi connectivity index (χ4v) is 1.23. The highest BCUT2D eigenvalue weighted by Crippen LogP contribution is 2.35. The molecular formula is C6H11N2. The maximum atomic E-state index is 4.33. The summed E-state index contributed by atoms with van der Waals surface area (Å²) in [7, 11) is 0. The summed E-state index contributed by atoms with van der Waals surface area (Å²) in [6.07, 6.45) is 2.72. The largest absolute Gasteiger partial charge is 0.309 e. The molecule has 1 saturated carbocycles. The lowest BCUT2D eigenvalue weighted by molar-refractivity contribution is 0.397. The molecule has 0 aromatic carbocycles. The molecule has 2 nitrogen and oxygen atoms in total. The van der Waals surface area contributed by atoms with Crippen LogP contribution in [0.25, 0.3) is 0 Å². The first kappa shape index (κ1) is 4.77. The Hall–Kier alpha value is -0.0800. The molecule has 2 heteroatoms. The molecule has 1 saturated heterocycles. The van der Waals surface area contributed by atoms with Gasteiger partial charge in [-0.05, 0) is 12.8 Å². The van der Waals surface area contributed by atoms with E-state index < -0.39 is 0 Å². The van der Waals surface area contributed by atoms with Crippen molar-refractivity contribution in [2.75, 3.05) is 19.6 Å². The van der Waals surface area contributed by atoms with Crippen molar-refractivity contribution in [3.63, 3.8) is 0 Å². The molecule has 2 aliphatic rings. The molecule has 0 aromatic heterocycles. The summed E-state index contributed by atoms with van der Waals surface area (Å²) >= 11 is 0. The summed E-state index contributed by atoms with van der Waals surface area (Å²) in [5.74, 6) is 0. The predicted octanol–water partition coefficient (Wildman–Crippen LogP) is -0.273. The van der Waals surface area contributed by atoms with E-state index in [1.54, 1.807) is 0 Å². The van der Waals surface area contributed by atoms with Gasteiger partial charge in [-0.2, -0.15) is 0 Å². The number of nitrogens with zero attached hydrogens (tertiary/aromatic N) is 1. The van der Waals surface area contributed by atoms with Gasteiger partial charge in [0, 0.05) is 25.2 Å². The second-order valence-electron chi connectivity index (χ2n) is 2.81. The lowest BCUT2D eigenvalue weighted by Gasteiger charge is -2.21. The average Bonchev–Trinajstić information content (AvgIpc) is 2.52. The van der Waals surface area contributed by atoms with Crippen LogP contribution in [0.2, 0.25) is 0 Å². The Morgan fingerprint density at radius 2 is 2.25 bits per heavy atom. The van der Waals surface area contributed by atoms with Crippen molar-refractivity contribution < 1.29 is 0 Å². The number of piperazine rings is 1. The zero-order valence-corrected chi connectivity index (χ0v) is 4.98. The van der Waals surface area contributed by atoms with Gasteiger partial charge in [0.15, 0.2) is 0 Å². The quantitative estimate of drug-likeness (QED) is 0.457. The van der Waals surface area contributed by atoms with Crippen LogP contribution >= 0.6 is 0 Å². The summed E-state index contributed by atoms with van der Waals surface area (Å²) in [4.78, 5) is 0. The molecule has 1 aliphatic heterocycles. The first-order valence-electron chi connectivity index (χ1n) is 3.30. The molecule has 0 bridgehead atoms. The molecule has 0 atom stereocenters. The van der Waals surface area contributed by atoms with Crippen molar-refractivity contribution in [1.82, 2.24) is 10.6 Å². The first-order valence-corrected chi connectivity index (χ1v) is 3.30. The molecule has 1 heterocycles. The zero-order valence-electron chi connectivity index (χ0n) is 4.98. The van der Waals surface area contributed by atoms with E-state index in [4.69, 9.17) is 0 Å². The van der Waals surface area contributed by atoms with Gasteiger partial charge in [0.1, 0.15) is 0 Å². The highest BCUT2D eigenvalue weighted by molar-refractivity contribution is 5.05. The van der Waals surface area contributed by atoms with E-state index in [1.165, 1.54) is 12.8 Å². The van der Waals surface area contributed by atoms with Crippen molar-refractivity contribution in [2.24, 2.45) is 0 Å². The van der Waals surface area contributed by atoms with E-state index >= 15 is 0 Å². The normalized spacial score (nSPS) is 33.0. The Balaban J connectivity index is 1.95. The summed E-state index contributed by atoms with van der Waals surface area (Å²) < 4.78 is 0. The fraction of sp³-hybridized carbons (Fsp3) is 1.00. The third-order valence-corrected chi connectivity index (χ3v) is 2.04. The van der Waals surface area contributed by atoms with Crippen molar-refractivity contribution in [1.29, 1.82) is 0 Å². The molecule has 0 unspecified atom stereocenters. The molecule has 0 amide bonds. The van der Waals surface area contributed by atoms with Crippen LogP contribution in [-0.4, -0.2) is 25.2 Å². The number of hydrogen-bond donors (Lipinski definition) is 1. The number of rotatable bonds is 0. The maximum absolute atomic E-state index is 4.33. The Bertz CT molecular complexity index is 88.7. The Morgan fingerprint density at radius 1 is 1.38 bits per heavy atom. The van der Waals surface area contributed by atoms with Crippen LogP contribution in [0.5, 0.6) is 0 Å². The van der Waals surface area contributed by atoms with Crippen LogP contribution in [-0.2, 0) is 0 Å².